The molecule has 1 aliphatic rings. The van der Waals surface area contributed by atoms with E-state index in [2.05, 4.69) is 29.4 Å². The van der Waals surface area contributed by atoms with Gasteiger partial charge in [0.25, 0.3) is 0 Å². The zero-order valence-corrected chi connectivity index (χ0v) is 17.5. The minimum absolute atomic E-state index is 0.0125. The second-order valence-corrected chi connectivity index (χ2v) is 8.56. The number of likely N-dealkylation sites (N-methyl/N-ethyl adjacent to an activating group) is 1. The van der Waals surface area contributed by atoms with Gasteiger partial charge in [-0.1, -0.05) is 30.3 Å². The van der Waals surface area contributed by atoms with E-state index in [9.17, 15) is 14.0 Å². The van der Waals surface area contributed by atoms with Crippen molar-refractivity contribution in [2.75, 3.05) is 37.8 Å². The Morgan fingerprint density at radius 3 is 2.52 bits per heavy atom. The molecule has 0 radical (unpaired) electrons. The minimum atomic E-state index is -0.350. The van der Waals surface area contributed by atoms with E-state index in [1.807, 2.05) is 30.0 Å². The van der Waals surface area contributed by atoms with Gasteiger partial charge in [0, 0.05) is 25.3 Å². The standard InChI is InChI=1S/C22H26FN3O2S/c1-16(29-15-21(27)24-19-10-8-18(23)9-11-19)22(28)26-13-12-25(2)14-20(26)17-6-4-3-5-7-17/h3-11,16,20H,12-15H2,1-2H3,(H,24,27). The highest BCUT2D eigenvalue weighted by Crippen LogP contribution is 2.27. The van der Waals surface area contributed by atoms with Crippen molar-refractivity contribution in [2.24, 2.45) is 0 Å². The molecule has 0 spiro atoms. The van der Waals surface area contributed by atoms with Crippen LogP contribution in [0.25, 0.3) is 0 Å². The van der Waals surface area contributed by atoms with E-state index in [1.165, 1.54) is 36.0 Å². The van der Waals surface area contributed by atoms with Crippen LogP contribution in [-0.2, 0) is 9.59 Å². The highest BCUT2D eigenvalue weighted by Gasteiger charge is 2.32. The highest BCUT2D eigenvalue weighted by molar-refractivity contribution is 8.01. The highest BCUT2D eigenvalue weighted by atomic mass is 32.2. The number of halogens is 1. The van der Waals surface area contributed by atoms with Crippen molar-refractivity contribution in [1.82, 2.24) is 9.80 Å². The molecule has 0 aliphatic carbocycles. The number of benzene rings is 2. The van der Waals surface area contributed by atoms with Gasteiger partial charge in [-0.05, 0) is 43.8 Å². The molecule has 1 N–H and O–H groups in total. The van der Waals surface area contributed by atoms with Gasteiger partial charge in [0.05, 0.1) is 17.0 Å². The SMILES string of the molecule is CC(SCC(=O)Nc1ccc(F)cc1)C(=O)N1CCN(C)CC1c1ccccc1. The molecule has 3 rings (SSSR count). The maximum absolute atomic E-state index is 13.1. The summed E-state index contributed by atoms with van der Waals surface area (Å²) >= 11 is 1.32. The normalized spacial score (nSPS) is 18.3. The third-order valence-corrected chi connectivity index (χ3v) is 6.12. The maximum Gasteiger partial charge on any atom is 0.236 e. The van der Waals surface area contributed by atoms with Crippen molar-refractivity contribution in [3.8, 4) is 0 Å². The molecule has 0 bridgehead atoms. The van der Waals surface area contributed by atoms with Crippen molar-refractivity contribution < 1.29 is 14.0 Å². The van der Waals surface area contributed by atoms with Crippen LogP contribution in [0.3, 0.4) is 0 Å². The Morgan fingerprint density at radius 2 is 1.83 bits per heavy atom. The van der Waals surface area contributed by atoms with Crippen LogP contribution >= 0.6 is 11.8 Å². The first-order valence-electron chi connectivity index (χ1n) is 9.65. The number of amides is 2. The van der Waals surface area contributed by atoms with Gasteiger partial charge in [0.1, 0.15) is 5.82 Å². The molecule has 1 aliphatic heterocycles. The van der Waals surface area contributed by atoms with E-state index >= 15 is 0 Å². The molecule has 1 fully saturated rings. The Bertz CT molecular complexity index is 832. The number of carbonyl (C=O) groups is 2. The molecule has 5 nitrogen and oxygen atoms in total. The van der Waals surface area contributed by atoms with Gasteiger partial charge in [-0.2, -0.15) is 0 Å². The fourth-order valence-electron chi connectivity index (χ4n) is 3.38. The largest absolute Gasteiger partial charge is 0.332 e. The maximum atomic E-state index is 13.1. The van der Waals surface area contributed by atoms with E-state index < -0.39 is 0 Å². The lowest BCUT2D eigenvalue weighted by Crippen LogP contribution is -2.51. The lowest BCUT2D eigenvalue weighted by molar-refractivity contribution is -0.135. The summed E-state index contributed by atoms with van der Waals surface area (Å²) in [6.45, 7) is 4.13. The summed E-state index contributed by atoms with van der Waals surface area (Å²) in [6, 6.07) is 15.7. The quantitative estimate of drug-likeness (QED) is 0.786. The van der Waals surface area contributed by atoms with Crippen molar-refractivity contribution in [2.45, 2.75) is 18.2 Å². The summed E-state index contributed by atoms with van der Waals surface area (Å²) in [5, 5.41) is 2.40. The number of nitrogens with zero attached hydrogens (tertiary/aromatic N) is 2. The van der Waals surface area contributed by atoms with E-state index in [0.29, 0.717) is 12.2 Å². The van der Waals surface area contributed by atoms with Crippen molar-refractivity contribution in [3.05, 3.63) is 66.0 Å². The summed E-state index contributed by atoms with van der Waals surface area (Å²) < 4.78 is 13.0. The predicted molar refractivity (Wildman–Crippen MR) is 115 cm³/mol. The molecule has 1 saturated heterocycles. The Balaban J connectivity index is 1.57. The van der Waals surface area contributed by atoms with Crippen molar-refractivity contribution in [3.63, 3.8) is 0 Å². The smallest absolute Gasteiger partial charge is 0.236 e. The van der Waals surface area contributed by atoms with Crippen LogP contribution in [0, 0.1) is 5.82 Å². The molecule has 2 unspecified atom stereocenters. The number of rotatable bonds is 6. The topological polar surface area (TPSA) is 52.7 Å². The summed E-state index contributed by atoms with van der Waals surface area (Å²) in [5.41, 5.74) is 1.66. The molecule has 7 heteroatoms. The van der Waals surface area contributed by atoms with Crippen LogP contribution in [0.2, 0.25) is 0 Å². The Kier molecular flexibility index (Phi) is 7.28. The molecule has 29 heavy (non-hydrogen) atoms. The third kappa shape index (κ3) is 5.81. The average Bonchev–Trinajstić information content (AvgIpc) is 2.73. The van der Waals surface area contributed by atoms with Gasteiger partial charge in [-0.15, -0.1) is 11.8 Å². The zero-order chi connectivity index (χ0) is 20.8. The van der Waals surface area contributed by atoms with Crippen LogP contribution in [0.5, 0.6) is 0 Å². The zero-order valence-electron chi connectivity index (χ0n) is 16.7. The van der Waals surface area contributed by atoms with Gasteiger partial charge in [0.15, 0.2) is 0 Å². The molecular formula is C22H26FN3O2S. The van der Waals surface area contributed by atoms with Gasteiger partial charge >= 0.3 is 0 Å². The van der Waals surface area contributed by atoms with E-state index in [0.717, 1.165) is 18.7 Å². The van der Waals surface area contributed by atoms with Crippen LogP contribution in [0.15, 0.2) is 54.6 Å². The van der Waals surface area contributed by atoms with Gasteiger partial charge in [-0.25, -0.2) is 4.39 Å². The first kappa shape index (κ1) is 21.3. The lowest BCUT2D eigenvalue weighted by atomic mass is 10.0. The fourth-order valence-corrected chi connectivity index (χ4v) is 4.13. The van der Waals surface area contributed by atoms with Gasteiger partial charge in [-0.3, -0.25) is 9.59 Å². The van der Waals surface area contributed by atoms with Crippen LogP contribution in [0.1, 0.15) is 18.5 Å². The van der Waals surface area contributed by atoms with Crippen molar-refractivity contribution >= 4 is 29.3 Å². The number of carbonyl (C=O) groups excluding carboxylic acids is 2. The van der Waals surface area contributed by atoms with Crippen LogP contribution in [-0.4, -0.2) is 59.3 Å². The molecule has 0 saturated carbocycles. The van der Waals surface area contributed by atoms with Gasteiger partial charge < -0.3 is 15.1 Å². The molecule has 2 atom stereocenters. The number of nitrogens with one attached hydrogen (secondary N) is 1. The van der Waals surface area contributed by atoms with Gasteiger partial charge in [0.2, 0.25) is 11.8 Å². The molecule has 0 aromatic heterocycles. The number of anilines is 1. The number of hydrogen-bond donors (Lipinski definition) is 1. The van der Waals surface area contributed by atoms with Crippen molar-refractivity contribution in [1.29, 1.82) is 0 Å². The summed E-state index contributed by atoms with van der Waals surface area (Å²) in [5.74, 6) is -0.351. The second kappa shape index (κ2) is 9.89. The number of hydrogen-bond acceptors (Lipinski definition) is 4. The Labute approximate surface area is 175 Å². The molecule has 2 amide bonds. The first-order chi connectivity index (χ1) is 13.9. The molecule has 2 aromatic rings. The molecule has 2 aromatic carbocycles. The second-order valence-electron chi connectivity index (χ2n) is 7.23. The number of thioether (sulfide) groups is 1. The summed E-state index contributed by atoms with van der Waals surface area (Å²) in [6.07, 6.45) is 0. The Hall–Kier alpha value is -2.38. The van der Waals surface area contributed by atoms with E-state index in [-0.39, 0.29) is 34.7 Å². The molecule has 154 valence electrons. The van der Waals surface area contributed by atoms with Crippen LogP contribution < -0.4 is 5.32 Å². The number of piperazine rings is 1. The van der Waals surface area contributed by atoms with Crippen LogP contribution in [0.4, 0.5) is 10.1 Å². The third-order valence-electron chi connectivity index (χ3n) is 4.99. The summed E-state index contributed by atoms with van der Waals surface area (Å²) in [7, 11) is 2.07. The predicted octanol–water partition coefficient (Wildman–Crippen LogP) is 3.40. The van der Waals surface area contributed by atoms with E-state index in [1.54, 1.807) is 0 Å². The van der Waals surface area contributed by atoms with E-state index in [4.69, 9.17) is 0 Å². The first-order valence-corrected chi connectivity index (χ1v) is 10.7. The summed E-state index contributed by atoms with van der Waals surface area (Å²) in [4.78, 5) is 29.4. The molecule has 1 heterocycles. The Morgan fingerprint density at radius 1 is 1.14 bits per heavy atom. The molecular weight excluding hydrogens is 389 g/mol. The minimum Gasteiger partial charge on any atom is -0.332 e. The average molecular weight is 416 g/mol. The monoisotopic (exact) mass is 415 g/mol. The fraction of sp³-hybridized carbons (Fsp3) is 0.364. The lowest BCUT2D eigenvalue weighted by Gasteiger charge is -2.41.